The number of ketones is 1. The van der Waals surface area contributed by atoms with Crippen molar-refractivity contribution in [2.24, 2.45) is 0 Å². The van der Waals surface area contributed by atoms with Crippen LogP contribution in [0.3, 0.4) is 0 Å². The molecule has 1 aromatic heterocycles. The van der Waals surface area contributed by atoms with Gasteiger partial charge in [-0.25, -0.2) is 4.98 Å². The number of benzene rings is 1. The number of rotatable bonds is 4. The highest BCUT2D eigenvalue weighted by Gasteiger charge is 2.14. The maximum Gasteiger partial charge on any atom is 0.193 e. The van der Waals surface area contributed by atoms with Gasteiger partial charge in [0, 0.05) is 11.3 Å². The molecule has 4 nitrogen and oxygen atoms in total. The van der Waals surface area contributed by atoms with Crippen LogP contribution in [-0.2, 0) is 0 Å². The van der Waals surface area contributed by atoms with Gasteiger partial charge in [-0.1, -0.05) is 28.1 Å². The van der Waals surface area contributed by atoms with E-state index in [-0.39, 0.29) is 11.1 Å². The lowest BCUT2D eigenvalue weighted by atomic mass is 10.2. The number of carbonyl (C=O) groups excluding carboxylic acids is 1. The number of methoxy groups -OCH3 is 1. The molecule has 0 amide bonds. The van der Waals surface area contributed by atoms with E-state index in [4.69, 9.17) is 4.74 Å². The van der Waals surface area contributed by atoms with E-state index in [1.165, 1.54) is 0 Å². The molecule has 0 fully saturated rings. The van der Waals surface area contributed by atoms with Gasteiger partial charge in [-0.15, -0.1) is 0 Å². The monoisotopic (exact) mass is 308 g/mol. The van der Waals surface area contributed by atoms with Gasteiger partial charge >= 0.3 is 0 Å². The Kier molecular flexibility index (Phi) is 3.81. The molecule has 0 unspecified atom stereocenters. The summed E-state index contributed by atoms with van der Waals surface area (Å²) in [5, 5.41) is 0.274. The zero-order chi connectivity index (χ0) is 13.1. The fourth-order valence-electron chi connectivity index (χ4n) is 1.70. The van der Waals surface area contributed by atoms with Crippen LogP contribution in [0.1, 0.15) is 16.2 Å². The van der Waals surface area contributed by atoms with Crippen molar-refractivity contribution in [3.05, 3.63) is 35.7 Å². The SMILES string of the molecule is COc1cccc(-c2nc(C(=O)CBr)c(C)[nH]2)c1. The largest absolute Gasteiger partial charge is 0.497 e. The number of aromatic amines is 1. The number of carbonyl (C=O) groups is 1. The Morgan fingerprint density at radius 2 is 2.28 bits per heavy atom. The Hall–Kier alpha value is -1.62. The van der Waals surface area contributed by atoms with Crippen molar-refractivity contribution in [2.45, 2.75) is 6.92 Å². The molecule has 5 heteroatoms. The first kappa shape index (κ1) is 12.8. The predicted molar refractivity (Wildman–Crippen MR) is 73.4 cm³/mol. The zero-order valence-electron chi connectivity index (χ0n) is 10.2. The normalized spacial score (nSPS) is 10.4. The Morgan fingerprint density at radius 3 is 2.94 bits per heavy atom. The summed E-state index contributed by atoms with van der Waals surface area (Å²) >= 11 is 3.15. The molecule has 1 N–H and O–H groups in total. The van der Waals surface area contributed by atoms with Crippen molar-refractivity contribution in [1.29, 1.82) is 0 Å². The first-order valence-electron chi connectivity index (χ1n) is 5.46. The molecule has 1 heterocycles. The number of imidazole rings is 1. The van der Waals surface area contributed by atoms with E-state index >= 15 is 0 Å². The van der Waals surface area contributed by atoms with Crippen LogP contribution in [0.25, 0.3) is 11.4 Å². The van der Waals surface area contributed by atoms with Crippen LogP contribution >= 0.6 is 15.9 Å². The van der Waals surface area contributed by atoms with E-state index in [2.05, 4.69) is 25.9 Å². The van der Waals surface area contributed by atoms with Gasteiger partial charge in [-0.2, -0.15) is 0 Å². The molecule has 0 radical (unpaired) electrons. The molecule has 2 rings (SSSR count). The van der Waals surface area contributed by atoms with Crippen LogP contribution in [-0.4, -0.2) is 28.2 Å². The summed E-state index contributed by atoms with van der Waals surface area (Å²) in [6, 6.07) is 7.55. The maximum absolute atomic E-state index is 11.6. The maximum atomic E-state index is 11.6. The number of ether oxygens (including phenoxy) is 1. The van der Waals surface area contributed by atoms with E-state index in [9.17, 15) is 4.79 Å². The number of alkyl halides is 1. The summed E-state index contributed by atoms with van der Waals surface area (Å²) in [5.41, 5.74) is 2.15. The first-order valence-corrected chi connectivity index (χ1v) is 6.58. The number of aromatic nitrogens is 2. The zero-order valence-corrected chi connectivity index (χ0v) is 11.7. The van der Waals surface area contributed by atoms with Crippen molar-refractivity contribution >= 4 is 21.7 Å². The Labute approximate surface area is 114 Å². The van der Waals surface area contributed by atoms with Crippen LogP contribution in [0.2, 0.25) is 0 Å². The van der Waals surface area contributed by atoms with Gasteiger partial charge in [0.2, 0.25) is 0 Å². The van der Waals surface area contributed by atoms with Crippen LogP contribution in [0.5, 0.6) is 5.75 Å². The van der Waals surface area contributed by atoms with E-state index < -0.39 is 0 Å². The Bertz CT molecular complexity index is 578. The van der Waals surface area contributed by atoms with Crippen molar-refractivity contribution in [3.8, 4) is 17.1 Å². The van der Waals surface area contributed by atoms with Crippen LogP contribution in [0, 0.1) is 6.92 Å². The molecular formula is C13H13BrN2O2. The summed E-state index contributed by atoms with van der Waals surface area (Å²) in [7, 11) is 1.62. The number of Topliss-reactive ketones (excluding diaryl/α,β-unsaturated/α-hetero) is 1. The van der Waals surface area contributed by atoms with Crippen LogP contribution < -0.4 is 4.74 Å². The predicted octanol–water partition coefficient (Wildman–Crippen LogP) is 2.97. The van der Waals surface area contributed by atoms with Crippen LogP contribution in [0.4, 0.5) is 0 Å². The molecule has 0 saturated carbocycles. The van der Waals surface area contributed by atoms with Gasteiger partial charge in [0.1, 0.15) is 17.3 Å². The molecule has 0 aliphatic heterocycles. The molecule has 0 bridgehead atoms. The molecular weight excluding hydrogens is 296 g/mol. The number of nitrogens with zero attached hydrogens (tertiary/aromatic N) is 1. The number of nitrogens with one attached hydrogen (secondary N) is 1. The molecule has 1 aromatic carbocycles. The lowest BCUT2D eigenvalue weighted by molar-refractivity contribution is 0.101. The summed E-state index contributed by atoms with van der Waals surface area (Å²) in [6.07, 6.45) is 0. The highest BCUT2D eigenvalue weighted by molar-refractivity contribution is 9.09. The average Bonchev–Trinajstić information content (AvgIpc) is 2.80. The average molecular weight is 309 g/mol. The highest BCUT2D eigenvalue weighted by Crippen LogP contribution is 2.22. The molecule has 0 atom stereocenters. The highest BCUT2D eigenvalue weighted by atomic mass is 79.9. The van der Waals surface area contributed by atoms with Gasteiger partial charge < -0.3 is 9.72 Å². The second-order valence-electron chi connectivity index (χ2n) is 3.85. The first-order chi connectivity index (χ1) is 8.65. The summed E-state index contributed by atoms with van der Waals surface area (Å²) < 4.78 is 5.17. The number of hydrogen-bond acceptors (Lipinski definition) is 3. The minimum Gasteiger partial charge on any atom is -0.497 e. The molecule has 18 heavy (non-hydrogen) atoms. The third-order valence-electron chi connectivity index (χ3n) is 2.61. The van der Waals surface area contributed by atoms with Gasteiger partial charge in [-0.05, 0) is 19.1 Å². The third kappa shape index (κ3) is 2.46. The second-order valence-corrected chi connectivity index (χ2v) is 4.41. The molecule has 2 aromatic rings. The number of halogens is 1. The third-order valence-corrected chi connectivity index (χ3v) is 3.12. The second kappa shape index (κ2) is 5.35. The molecule has 0 aliphatic rings. The lowest BCUT2D eigenvalue weighted by Gasteiger charge is -2.01. The van der Waals surface area contributed by atoms with Gasteiger partial charge in [-0.3, -0.25) is 4.79 Å². The Balaban J connectivity index is 2.42. The number of hydrogen-bond donors (Lipinski definition) is 1. The fourth-order valence-corrected chi connectivity index (χ4v) is 1.97. The van der Waals surface area contributed by atoms with E-state index in [0.29, 0.717) is 11.5 Å². The molecule has 0 saturated heterocycles. The van der Waals surface area contributed by atoms with Gasteiger partial charge in [0.05, 0.1) is 12.4 Å². The minimum atomic E-state index is -0.0297. The summed E-state index contributed by atoms with van der Waals surface area (Å²) in [4.78, 5) is 19.1. The van der Waals surface area contributed by atoms with Crippen molar-refractivity contribution < 1.29 is 9.53 Å². The summed E-state index contributed by atoms with van der Waals surface area (Å²) in [5.74, 6) is 1.41. The van der Waals surface area contributed by atoms with E-state index in [0.717, 1.165) is 17.0 Å². The summed E-state index contributed by atoms with van der Waals surface area (Å²) in [6.45, 7) is 1.84. The standard InChI is InChI=1S/C13H13BrN2O2/c1-8-12(11(17)7-14)16-13(15-8)9-4-3-5-10(6-9)18-2/h3-6H,7H2,1-2H3,(H,15,16). The minimum absolute atomic E-state index is 0.0297. The Morgan fingerprint density at radius 1 is 1.50 bits per heavy atom. The molecule has 0 aliphatic carbocycles. The number of aryl methyl sites for hydroxylation is 1. The van der Waals surface area contributed by atoms with Crippen molar-refractivity contribution in [2.75, 3.05) is 12.4 Å². The quantitative estimate of drug-likeness (QED) is 0.698. The smallest absolute Gasteiger partial charge is 0.193 e. The van der Waals surface area contributed by atoms with Gasteiger partial charge in [0.15, 0.2) is 5.78 Å². The molecule has 94 valence electrons. The van der Waals surface area contributed by atoms with Gasteiger partial charge in [0.25, 0.3) is 0 Å². The van der Waals surface area contributed by atoms with Crippen molar-refractivity contribution in [1.82, 2.24) is 9.97 Å². The molecule has 0 spiro atoms. The van der Waals surface area contributed by atoms with E-state index in [1.54, 1.807) is 7.11 Å². The van der Waals surface area contributed by atoms with E-state index in [1.807, 2.05) is 31.2 Å². The fraction of sp³-hybridized carbons (Fsp3) is 0.231. The van der Waals surface area contributed by atoms with Crippen LogP contribution in [0.15, 0.2) is 24.3 Å². The van der Waals surface area contributed by atoms with Crippen molar-refractivity contribution in [3.63, 3.8) is 0 Å². The topological polar surface area (TPSA) is 55.0 Å². The lowest BCUT2D eigenvalue weighted by Crippen LogP contribution is -2.02. The number of H-pyrrole nitrogens is 1.